The zero-order valence-corrected chi connectivity index (χ0v) is 12.9. The first-order chi connectivity index (χ1) is 9.17. The van der Waals surface area contributed by atoms with Crippen LogP contribution >= 0.6 is 15.9 Å². The summed E-state index contributed by atoms with van der Waals surface area (Å²) >= 11 is 3.43. The molecule has 1 aliphatic rings. The first-order valence-corrected chi connectivity index (χ1v) is 7.29. The largest absolute Gasteiger partial charge is 0.496 e. The van der Waals surface area contributed by atoms with Crippen LogP contribution in [0.15, 0.2) is 16.6 Å². The molecule has 2 unspecified atom stereocenters. The quantitative estimate of drug-likeness (QED) is 0.891. The van der Waals surface area contributed by atoms with Gasteiger partial charge in [-0.25, -0.2) is 0 Å². The Morgan fingerprint density at radius 3 is 2.58 bits per heavy atom. The fourth-order valence-electron chi connectivity index (χ4n) is 2.48. The number of piperidine rings is 1. The van der Waals surface area contributed by atoms with E-state index in [2.05, 4.69) is 21.2 Å². The minimum absolute atomic E-state index is 0.0773. The molecule has 0 aliphatic carbocycles. The highest BCUT2D eigenvalue weighted by molar-refractivity contribution is 9.10. The van der Waals surface area contributed by atoms with E-state index in [-0.39, 0.29) is 6.04 Å². The van der Waals surface area contributed by atoms with Gasteiger partial charge < -0.3 is 19.9 Å². The number of rotatable bonds is 4. The molecule has 1 aromatic carbocycles. The van der Waals surface area contributed by atoms with E-state index in [1.54, 1.807) is 14.2 Å². The van der Waals surface area contributed by atoms with Crippen LogP contribution in [0, 0.1) is 0 Å². The summed E-state index contributed by atoms with van der Waals surface area (Å²) in [5.41, 5.74) is 0.766. The van der Waals surface area contributed by atoms with Crippen molar-refractivity contribution in [3.05, 3.63) is 22.2 Å². The van der Waals surface area contributed by atoms with Gasteiger partial charge in [-0.3, -0.25) is 0 Å². The van der Waals surface area contributed by atoms with Gasteiger partial charge in [0.2, 0.25) is 0 Å². The normalized spacial score (nSPS) is 20.9. The zero-order valence-electron chi connectivity index (χ0n) is 11.3. The number of ether oxygens (including phenoxy) is 2. The van der Waals surface area contributed by atoms with Crippen molar-refractivity contribution < 1.29 is 14.6 Å². The first kappa shape index (κ1) is 14.6. The molecule has 2 atom stereocenters. The van der Waals surface area contributed by atoms with Crippen LogP contribution in [0.4, 0.5) is 0 Å². The Hall–Kier alpha value is -0.780. The zero-order chi connectivity index (χ0) is 13.8. The molecular formula is C14H20BrNO3. The Morgan fingerprint density at radius 1 is 1.26 bits per heavy atom. The van der Waals surface area contributed by atoms with Crippen molar-refractivity contribution in [2.75, 3.05) is 20.8 Å². The summed E-state index contributed by atoms with van der Waals surface area (Å²) in [5, 5.41) is 13.9. The minimum atomic E-state index is -0.586. The Balaban J connectivity index is 2.30. The van der Waals surface area contributed by atoms with E-state index in [1.165, 1.54) is 6.42 Å². The Morgan fingerprint density at radius 2 is 2.00 bits per heavy atom. The van der Waals surface area contributed by atoms with E-state index >= 15 is 0 Å². The van der Waals surface area contributed by atoms with Gasteiger partial charge in [0.05, 0.1) is 24.8 Å². The Labute approximate surface area is 122 Å². The fourth-order valence-corrected chi connectivity index (χ4v) is 2.96. The monoisotopic (exact) mass is 329 g/mol. The smallest absolute Gasteiger partial charge is 0.133 e. The molecule has 1 aliphatic heterocycles. The van der Waals surface area contributed by atoms with Crippen LogP contribution in [0.2, 0.25) is 0 Å². The lowest BCUT2D eigenvalue weighted by atomic mass is 9.94. The number of benzene rings is 1. The molecule has 4 nitrogen and oxygen atoms in total. The van der Waals surface area contributed by atoms with Gasteiger partial charge in [-0.15, -0.1) is 0 Å². The predicted molar refractivity (Wildman–Crippen MR) is 77.8 cm³/mol. The molecule has 106 valence electrons. The minimum Gasteiger partial charge on any atom is -0.496 e. The van der Waals surface area contributed by atoms with Crippen molar-refractivity contribution in [1.82, 2.24) is 5.32 Å². The second kappa shape index (κ2) is 6.59. The van der Waals surface area contributed by atoms with Gasteiger partial charge in [-0.1, -0.05) is 6.42 Å². The third kappa shape index (κ3) is 3.22. The van der Waals surface area contributed by atoms with Crippen LogP contribution in [0.5, 0.6) is 11.5 Å². The van der Waals surface area contributed by atoms with Gasteiger partial charge in [0.1, 0.15) is 11.5 Å². The highest BCUT2D eigenvalue weighted by atomic mass is 79.9. The van der Waals surface area contributed by atoms with Crippen LogP contribution in [0.1, 0.15) is 30.9 Å². The molecule has 1 fully saturated rings. The Bertz CT molecular complexity index is 433. The molecule has 0 aromatic heterocycles. The molecule has 2 rings (SSSR count). The van der Waals surface area contributed by atoms with E-state index in [1.807, 2.05) is 12.1 Å². The summed E-state index contributed by atoms with van der Waals surface area (Å²) in [4.78, 5) is 0. The van der Waals surface area contributed by atoms with Crippen LogP contribution in [-0.2, 0) is 0 Å². The molecular weight excluding hydrogens is 310 g/mol. The topological polar surface area (TPSA) is 50.7 Å². The van der Waals surface area contributed by atoms with Gasteiger partial charge in [0, 0.05) is 11.6 Å². The highest BCUT2D eigenvalue weighted by Gasteiger charge is 2.26. The molecule has 0 amide bonds. The maximum absolute atomic E-state index is 10.6. The lowest BCUT2D eigenvalue weighted by Gasteiger charge is -2.29. The SMILES string of the molecule is COc1cc(C(O)C2CCCCN2)c(OC)cc1Br. The summed E-state index contributed by atoms with van der Waals surface area (Å²) in [6.45, 7) is 0.956. The van der Waals surface area contributed by atoms with Crippen molar-refractivity contribution in [1.29, 1.82) is 0 Å². The fraction of sp³-hybridized carbons (Fsp3) is 0.571. The molecule has 1 aromatic rings. The summed E-state index contributed by atoms with van der Waals surface area (Å²) in [7, 11) is 3.22. The van der Waals surface area contributed by atoms with Crippen molar-refractivity contribution >= 4 is 15.9 Å². The van der Waals surface area contributed by atoms with Crippen LogP contribution in [-0.4, -0.2) is 31.9 Å². The second-order valence-corrected chi connectivity index (χ2v) is 5.58. The summed E-state index contributed by atoms with van der Waals surface area (Å²) in [6.07, 6.45) is 2.70. The molecule has 1 heterocycles. The lowest BCUT2D eigenvalue weighted by molar-refractivity contribution is 0.111. The maximum Gasteiger partial charge on any atom is 0.133 e. The van der Waals surface area contributed by atoms with Gasteiger partial charge >= 0.3 is 0 Å². The van der Waals surface area contributed by atoms with Gasteiger partial charge in [0.15, 0.2) is 0 Å². The predicted octanol–water partition coefficient (Wildman–Crippen LogP) is 2.64. The van der Waals surface area contributed by atoms with Crippen molar-refractivity contribution in [3.63, 3.8) is 0 Å². The van der Waals surface area contributed by atoms with Crippen molar-refractivity contribution in [2.45, 2.75) is 31.4 Å². The molecule has 2 N–H and O–H groups in total. The number of halogens is 1. The van der Waals surface area contributed by atoms with Gasteiger partial charge in [-0.2, -0.15) is 0 Å². The number of nitrogens with one attached hydrogen (secondary N) is 1. The van der Waals surface area contributed by atoms with E-state index in [4.69, 9.17) is 9.47 Å². The van der Waals surface area contributed by atoms with Crippen molar-refractivity contribution in [3.8, 4) is 11.5 Å². The molecule has 0 radical (unpaired) electrons. The molecule has 0 saturated carbocycles. The average molecular weight is 330 g/mol. The lowest BCUT2D eigenvalue weighted by Crippen LogP contribution is -2.38. The van der Waals surface area contributed by atoms with E-state index < -0.39 is 6.10 Å². The maximum atomic E-state index is 10.6. The number of aliphatic hydroxyl groups excluding tert-OH is 1. The third-order valence-corrected chi connectivity index (χ3v) is 4.17. The van der Waals surface area contributed by atoms with Crippen LogP contribution in [0.25, 0.3) is 0 Å². The molecule has 1 saturated heterocycles. The number of hydrogen-bond donors (Lipinski definition) is 2. The summed E-state index contributed by atoms with van der Waals surface area (Å²) < 4.78 is 11.5. The Kier molecular flexibility index (Phi) is 5.07. The molecule has 0 bridgehead atoms. The first-order valence-electron chi connectivity index (χ1n) is 6.50. The van der Waals surface area contributed by atoms with E-state index in [0.29, 0.717) is 11.5 Å². The average Bonchev–Trinajstić information content (AvgIpc) is 2.47. The third-order valence-electron chi connectivity index (χ3n) is 3.55. The van der Waals surface area contributed by atoms with E-state index in [0.717, 1.165) is 29.4 Å². The molecule has 19 heavy (non-hydrogen) atoms. The van der Waals surface area contributed by atoms with Gasteiger partial charge in [0.25, 0.3) is 0 Å². The van der Waals surface area contributed by atoms with Crippen LogP contribution in [0.3, 0.4) is 0 Å². The number of methoxy groups -OCH3 is 2. The molecule has 5 heteroatoms. The molecule has 0 spiro atoms. The van der Waals surface area contributed by atoms with E-state index in [9.17, 15) is 5.11 Å². The van der Waals surface area contributed by atoms with Gasteiger partial charge in [-0.05, 0) is 47.4 Å². The number of hydrogen-bond acceptors (Lipinski definition) is 4. The summed E-state index contributed by atoms with van der Waals surface area (Å²) in [5.74, 6) is 1.37. The second-order valence-electron chi connectivity index (χ2n) is 4.73. The summed E-state index contributed by atoms with van der Waals surface area (Å²) in [6, 6.07) is 3.75. The standard InChI is InChI=1S/C14H20BrNO3/c1-18-12-8-10(15)13(19-2)7-9(12)14(17)11-5-3-4-6-16-11/h7-8,11,14,16-17H,3-6H2,1-2H3. The van der Waals surface area contributed by atoms with Crippen molar-refractivity contribution in [2.24, 2.45) is 0 Å². The van der Waals surface area contributed by atoms with Crippen LogP contribution < -0.4 is 14.8 Å². The number of aliphatic hydroxyl groups is 1. The highest BCUT2D eigenvalue weighted by Crippen LogP contribution is 2.37.